The molecule has 2 fully saturated rings. The van der Waals surface area contributed by atoms with Crippen LogP contribution in [0.2, 0.25) is 0 Å². The molecule has 1 amide bonds. The van der Waals surface area contributed by atoms with Crippen LogP contribution in [0.4, 0.5) is 0 Å². The number of aromatic nitrogens is 2. The quantitative estimate of drug-likeness (QED) is 0.879. The van der Waals surface area contributed by atoms with Crippen LogP contribution < -0.4 is 5.32 Å². The van der Waals surface area contributed by atoms with Gasteiger partial charge in [0.25, 0.3) is 0 Å². The minimum atomic E-state index is -0.384. The highest BCUT2D eigenvalue weighted by Crippen LogP contribution is 2.39. The zero-order chi connectivity index (χ0) is 14.7. The van der Waals surface area contributed by atoms with E-state index in [-0.39, 0.29) is 17.8 Å². The number of rotatable bonds is 4. The zero-order valence-electron chi connectivity index (χ0n) is 12.4. The number of aromatic amines is 1. The first-order valence-electron chi connectivity index (χ1n) is 7.72. The predicted molar refractivity (Wildman–Crippen MR) is 76.5 cm³/mol. The third-order valence-electron chi connectivity index (χ3n) is 4.39. The third kappa shape index (κ3) is 3.63. The van der Waals surface area contributed by atoms with Crippen LogP contribution in [-0.4, -0.2) is 41.1 Å². The van der Waals surface area contributed by atoms with E-state index >= 15 is 0 Å². The van der Waals surface area contributed by atoms with Crippen LogP contribution >= 0.6 is 0 Å². The molecular formula is C15H23N3O3. The first-order chi connectivity index (χ1) is 10.2. The van der Waals surface area contributed by atoms with Gasteiger partial charge in [-0.05, 0) is 24.8 Å². The van der Waals surface area contributed by atoms with Crippen LogP contribution in [0.25, 0.3) is 0 Å². The Bertz CT molecular complexity index is 467. The molecule has 2 heterocycles. The fraction of sp³-hybridized carbons (Fsp3) is 0.733. The van der Waals surface area contributed by atoms with Crippen LogP contribution in [0.1, 0.15) is 38.3 Å². The first-order valence-corrected chi connectivity index (χ1v) is 7.72. The van der Waals surface area contributed by atoms with E-state index in [9.17, 15) is 4.79 Å². The SMILES string of the molecule is CC1CCC2(CC1)OCC(CNC(=O)Cc1ccn[nH]1)O2. The number of ether oxygens (including phenoxy) is 2. The average Bonchev–Trinajstić information content (AvgIpc) is 3.11. The third-order valence-corrected chi connectivity index (χ3v) is 4.39. The van der Waals surface area contributed by atoms with Crippen molar-refractivity contribution in [2.24, 2.45) is 5.92 Å². The van der Waals surface area contributed by atoms with Crippen molar-refractivity contribution >= 4 is 5.91 Å². The fourth-order valence-electron chi connectivity index (χ4n) is 3.03. The smallest absolute Gasteiger partial charge is 0.226 e. The van der Waals surface area contributed by atoms with Crippen LogP contribution in [0.5, 0.6) is 0 Å². The van der Waals surface area contributed by atoms with Gasteiger partial charge in [0.05, 0.1) is 13.0 Å². The van der Waals surface area contributed by atoms with Gasteiger partial charge in [-0.3, -0.25) is 9.89 Å². The maximum atomic E-state index is 11.8. The van der Waals surface area contributed by atoms with Gasteiger partial charge in [-0.15, -0.1) is 0 Å². The van der Waals surface area contributed by atoms with Gasteiger partial charge in [-0.1, -0.05) is 6.92 Å². The lowest BCUT2D eigenvalue weighted by Gasteiger charge is -2.34. The van der Waals surface area contributed by atoms with E-state index in [4.69, 9.17) is 9.47 Å². The summed E-state index contributed by atoms with van der Waals surface area (Å²) in [6, 6.07) is 1.80. The van der Waals surface area contributed by atoms with Crippen LogP contribution in [0.3, 0.4) is 0 Å². The van der Waals surface area contributed by atoms with Crippen molar-refractivity contribution in [1.29, 1.82) is 0 Å². The molecule has 1 unspecified atom stereocenters. The standard InChI is InChI=1S/C15H23N3O3/c1-11-2-5-15(6-3-11)20-10-13(21-15)9-16-14(19)8-12-4-7-17-18-12/h4,7,11,13H,2-3,5-6,8-10H2,1H3,(H,16,19)(H,17,18). The van der Waals surface area contributed by atoms with Crippen molar-refractivity contribution in [2.75, 3.05) is 13.2 Å². The van der Waals surface area contributed by atoms with E-state index in [1.807, 2.05) is 0 Å². The van der Waals surface area contributed by atoms with Crippen molar-refractivity contribution in [1.82, 2.24) is 15.5 Å². The molecule has 0 radical (unpaired) electrons. The average molecular weight is 293 g/mol. The Morgan fingerprint density at radius 1 is 1.52 bits per heavy atom. The minimum absolute atomic E-state index is 0.0268. The monoisotopic (exact) mass is 293 g/mol. The molecule has 0 bridgehead atoms. The summed E-state index contributed by atoms with van der Waals surface area (Å²) in [5.41, 5.74) is 0.814. The lowest BCUT2D eigenvalue weighted by Crippen LogP contribution is -2.38. The summed E-state index contributed by atoms with van der Waals surface area (Å²) in [6.45, 7) is 3.35. The Hall–Kier alpha value is -1.40. The Morgan fingerprint density at radius 3 is 3.05 bits per heavy atom. The lowest BCUT2D eigenvalue weighted by atomic mass is 9.86. The number of H-pyrrole nitrogens is 1. The van der Waals surface area contributed by atoms with Gasteiger partial charge in [0.2, 0.25) is 5.91 Å². The van der Waals surface area contributed by atoms with E-state index < -0.39 is 0 Å². The van der Waals surface area contributed by atoms with Crippen molar-refractivity contribution in [3.8, 4) is 0 Å². The topological polar surface area (TPSA) is 76.2 Å². The number of hydrogen-bond acceptors (Lipinski definition) is 4. The highest BCUT2D eigenvalue weighted by atomic mass is 16.7. The molecule has 1 aromatic heterocycles. The van der Waals surface area contributed by atoms with Gasteiger partial charge in [-0.25, -0.2) is 0 Å². The summed E-state index contributed by atoms with van der Waals surface area (Å²) in [6.07, 6.45) is 6.15. The summed E-state index contributed by atoms with van der Waals surface area (Å²) in [5, 5.41) is 9.51. The minimum Gasteiger partial charge on any atom is -0.353 e. The molecule has 21 heavy (non-hydrogen) atoms. The number of carbonyl (C=O) groups is 1. The predicted octanol–water partition coefficient (Wildman–Crippen LogP) is 1.39. The summed E-state index contributed by atoms with van der Waals surface area (Å²) >= 11 is 0. The summed E-state index contributed by atoms with van der Waals surface area (Å²) in [7, 11) is 0. The molecule has 1 aromatic rings. The Labute approximate surface area is 124 Å². The molecule has 1 aliphatic carbocycles. The van der Waals surface area contributed by atoms with E-state index in [0.717, 1.165) is 37.3 Å². The molecule has 1 atom stereocenters. The van der Waals surface area contributed by atoms with E-state index in [1.54, 1.807) is 12.3 Å². The molecule has 1 saturated carbocycles. The second-order valence-corrected chi connectivity index (χ2v) is 6.21. The van der Waals surface area contributed by atoms with Gasteiger partial charge >= 0.3 is 0 Å². The second-order valence-electron chi connectivity index (χ2n) is 6.21. The Kier molecular flexibility index (Phi) is 4.26. The summed E-state index contributed by atoms with van der Waals surface area (Å²) in [5.74, 6) is 0.350. The van der Waals surface area contributed by atoms with E-state index in [2.05, 4.69) is 22.4 Å². The number of nitrogens with one attached hydrogen (secondary N) is 2. The maximum Gasteiger partial charge on any atom is 0.226 e. The van der Waals surface area contributed by atoms with Gasteiger partial charge in [-0.2, -0.15) is 5.10 Å². The number of amides is 1. The van der Waals surface area contributed by atoms with E-state index in [1.165, 1.54) is 0 Å². The Morgan fingerprint density at radius 2 is 2.33 bits per heavy atom. The van der Waals surface area contributed by atoms with Gasteiger partial charge in [0.1, 0.15) is 6.10 Å². The highest BCUT2D eigenvalue weighted by Gasteiger charge is 2.43. The fourth-order valence-corrected chi connectivity index (χ4v) is 3.03. The largest absolute Gasteiger partial charge is 0.353 e. The Balaban J connectivity index is 1.42. The van der Waals surface area contributed by atoms with Crippen molar-refractivity contribution in [3.63, 3.8) is 0 Å². The lowest BCUT2D eigenvalue weighted by molar-refractivity contribution is -0.191. The zero-order valence-corrected chi connectivity index (χ0v) is 12.4. The molecule has 2 N–H and O–H groups in total. The van der Waals surface area contributed by atoms with Crippen LogP contribution in [0.15, 0.2) is 12.3 Å². The number of nitrogens with zero attached hydrogens (tertiary/aromatic N) is 1. The molecule has 1 aliphatic heterocycles. The normalized spacial score (nSPS) is 32.4. The van der Waals surface area contributed by atoms with Crippen molar-refractivity contribution < 1.29 is 14.3 Å². The molecule has 3 rings (SSSR count). The molecule has 0 aromatic carbocycles. The van der Waals surface area contributed by atoms with Crippen LogP contribution in [-0.2, 0) is 20.7 Å². The molecule has 6 heteroatoms. The van der Waals surface area contributed by atoms with Crippen molar-refractivity contribution in [2.45, 2.75) is 50.9 Å². The van der Waals surface area contributed by atoms with Crippen LogP contribution in [0, 0.1) is 5.92 Å². The second kappa shape index (κ2) is 6.15. The van der Waals surface area contributed by atoms with Gasteiger partial charge < -0.3 is 14.8 Å². The molecule has 2 aliphatic rings. The van der Waals surface area contributed by atoms with Gasteiger partial charge in [0.15, 0.2) is 5.79 Å². The molecule has 116 valence electrons. The number of hydrogen-bond donors (Lipinski definition) is 2. The summed E-state index contributed by atoms with van der Waals surface area (Å²) < 4.78 is 12.0. The summed E-state index contributed by atoms with van der Waals surface area (Å²) in [4.78, 5) is 11.8. The van der Waals surface area contributed by atoms with E-state index in [0.29, 0.717) is 19.6 Å². The molecular weight excluding hydrogens is 270 g/mol. The van der Waals surface area contributed by atoms with Crippen molar-refractivity contribution in [3.05, 3.63) is 18.0 Å². The molecule has 1 spiro atoms. The molecule has 6 nitrogen and oxygen atoms in total. The highest BCUT2D eigenvalue weighted by molar-refractivity contribution is 5.78. The maximum absolute atomic E-state index is 11.8. The first kappa shape index (κ1) is 14.5. The molecule has 1 saturated heterocycles. The number of carbonyl (C=O) groups excluding carboxylic acids is 1. The van der Waals surface area contributed by atoms with Gasteiger partial charge in [0, 0.05) is 31.3 Å².